The van der Waals surface area contributed by atoms with E-state index in [-0.39, 0.29) is 40.5 Å². The molecule has 0 aliphatic carbocycles. The molecule has 0 rings (SSSR count). The molecule has 0 N–H and O–H groups in total. The Balaban J connectivity index is -0.0000000800. The Hall–Kier alpha value is 1.18. The van der Waals surface area contributed by atoms with E-state index in [9.17, 15) is 0 Å². The molecule has 0 aliphatic rings. The molecule has 0 aromatic heterocycles. The van der Waals surface area contributed by atoms with Gasteiger partial charge in [0.2, 0.25) is 0 Å². The van der Waals surface area contributed by atoms with Crippen LogP contribution in [0, 0.1) is 0 Å². The zero-order valence-corrected chi connectivity index (χ0v) is 8.95. The fraction of sp³-hybridized carbons (Fsp3) is 0. The Morgan fingerprint density at radius 3 is 1.14 bits per heavy atom. The maximum absolute atomic E-state index is 8.52. The van der Waals surface area contributed by atoms with Gasteiger partial charge in [-0.15, -0.1) is 0 Å². The summed E-state index contributed by atoms with van der Waals surface area (Å²) in [6.45, 7) is 0. The number of rotatable bonds is 0. The standard InChI is InChI=1S/Mo.H2O4S.Zn/c;1-5(2,3)4;/h;(H2,1,2,3,4);/q;;+2/p-2. The van der Waals surface area contributed by atoms with Crippen molar-refractivity contribution in [2.24, 2.45) is 0 Å². The largest absolute Gasteiger partial charge is 2.00 e. The van der Waals surface area contributed by atoms with E-state index >= 15 is 0 Å². The maximum atomic E-state index is 8.52. The van der Waals surface area contributed by atoms with E-state index in [1.807, 2.05) is 0 Å². The van der Waals surface area contributed by atoms with Crippen LogP contribution >= 0.6 is 0 Å². The molecule has 0 heterocycles. The molecule has 7 heteroatoms. The second-order valence-corrected chi connectivity index (χ2v) is 1.22. The minimum atomic E-state index is -5.17. The molecule has 0 aromatic rings. The van der Waals surface area contributed by atoms with Gasteiger partial charge in [0.15, 0.2) is 0 Å². The third kappa shape index (κ3) is 138. The minimum absolute atomic E-state index is 0. The Kier molecular flexibility index (Phi) is 11.9. The van der Waals surface area contributed by atoms with Crippen LogP contribution in [0.1, 0.15) is 0 Å². The smallest absolute Gasteiger partial charge is 0.759 e. The third-order valence-electron chi connectivity index (χ3n) is 0. The predicted octanol–water partition coefficient (Wildman–Crippen LogP) is -1.34. The van der Waals surface area contributed by atoms with Crippen molar-refractivity contribution in [2.75, 3.05) is 0 Å². The van der Waals surface area contributed by atoms with Gasteiger partial charge in [-0.25, -0.2) is 0 Å². The summed E-state index contributed by atoms with van der Waals surface area (Å²) < 4.78 is 34.1. The summed E-state index contributed by atoms with van der Waals surface area (Å²) in [5, 5.41) is 0. The Morgan fingerprint density at radius 1 is 1.14 bits per heavy atom. The molecule has 0 saturated heterocycles. The molecule has 0 radical (unpaired) electrons. The molecule has 0 aromatic carbocycles. The molecule has 0 unspecified atom stereocenters. The fourth-order valence-electron chi connectivity index (χ4n) is 0. The molecule has 0 bridgehead atoms. The summed E-state index contributed by atoms with van der Waals surface area (Å²) in [5.41, 5.74) is 0. The summed E-state index contributed by atoms with van der Waals surface area (Å²) in [6, 6.07) is 0. The first kappa shape index (κ1) is 15.7. The number of hydrogen-bond acceptors (Lipinski definition) is 4. The van der Waals surface area contributed by atoms with Crippen LogP contribution in [-0.4, -0.2) is 17.5 Å². The van der Waals surface area contributed by atoms with Crippen LogP contribution in [0.5, 0.6) is 0 Å². The Bertz CT molecular complexity index is 94.9. The van der Waals surface area contributed by atoms with Crippen LogP contribution in [0.2, 0.25) is 0 Å². The van der Waals surface area contributed by atoms with Crippen molar-refractivity contribution in [2.45, 2.75) is 0 Å². The van der Waals surface area contributed by atoms with Crippen LogP contribution < -0.4 is 0 Å². The van der Waals surface area contributed by atoms with Gasteiger partial charge in [-0.3, -0.25) is 8.42 Å². The molecular formula is MoO4SZn. The van der Waals surface area contributed by atoms with Crippen LogP contribution in [0.15, 0.2) is 0 Å². The predicted molar refractivity (Wildman–Crippen MR) is 10.5 cm³/mol. The summed E-state index contributed by atoms with van der Waals surface area (Å²) >= 11 is 0. The van der Waals surface area contributed by atoms with E-state index in [1.54, 1.807) is 0 Å². The first-order valence-electron chi connectivity index (χ1n) is 0.667. The SMILES string of the molecule is O=S(=O)([O-])[O-].[Mo].[Zn+2]. The first-order valence-corrected chi connectivity index (χ1v) is 2.00. The quantitative estimate of drug-likeness (QED) is 0.305. The van der Waals surface area contributed by atoms with Crippen molar-refractivity contribution >= 4 is 10.4 Å². The van der Waals surface area contributed by atoms with Gasteiger partial charge in [-0.2, -0.15) is 0 Å². The minimum Gasteiger partial charge on any atom is -0.759 e. The third-order valence-corrected chi connectivity index (χ3v) is 0. The molecule has 0 atom stereocenters. The van der Waals surface area contributed by atoms with Gasteiger partial charge in [0, 0.05) is 31.5 Å². The normalized spacial score (nSPS) is 8.29. The zero-order valence-electron chi connectivity index (χ0n) is 3.16. The second kappa shape index (κ2) is 5.32. The average Bonchev–Trinajstić information content (AvgIpc) is 0.722. The maximum Gasteiger partial charge on any atom is 2.00 e. The van der Waals surface area contributed by atoms with E-state index < -0.39 is 10.4 Å². The summed E-state index contributed by atoms with van der Waals surface area (Å²) in [4.78, 5) is 0. The molecule has 38 valence electrons. The average molecular weight is 257 g/mol. The van der Waals surface area contributed by atoms with Crippen LogP contribution in [0.3, 0.4) is 0 Å². The molecule has 0 fully saturated rings. The Labute approximate surface area is 68.3 Å². The van der Waals surface area contributed by atoms with Gasteiger partial charge in [0.05, 0.1) is 0 Å². The van der Waals surface area contributed by atoms with Crippen molar-refractivity contribution in [1.82, 2.24) is 0 Å². The Morgan fingerprint density at radius 2 is 1.14 bits per heavy atom. The summed E-state index contributed by atoms with van der Waals surface area (Å²) in [6.07, 6.45) is 0. The molecule has 0 saturated carbocycles. The van der Waals surface area contributed by atoms with Crippen LogP contribution in [-0.2, 0) is 50.9 Å². The van der Waals surface area contributed by atoms with Crippen molar-refractivity contribution in [3.63, 3.8) is 0 Å². The second-order valence-electron chi connectivity index (χ2n) is 0.408. The molecule has 4 nitrogen and oxygen atoms in total. The molecular weight excluding hydrogens is 257 g/mol. The van der Waals surface area contributed by atoms with Gasteiger partial charge in [-0.1, -0.05) is 0 Å². The van der Waals surface area contributed by atoms with E-state index in [2.05, 4.69) is 0 Å². The molecule has 0 spiro atoms. The van der Waals surface area contributed by atoms with Crippen LogP contribution in [0.4, 0.5) is 0 Å². The van der Waals surface area contributed by atoms with Crippen molar-refractivity contribution < 1.29 is 58.1 Å². The molecule has 0 amide bonds. The van der Waals surface area contributed by atoms with Crippen molar-refractivity contribution in [1.29, 1.82) is 0 Å². The first-order chi connectivity index (χ1) is 2.00. The molecule has 0 aliphatic heterocycles. The van der Waals surface area contributed by atoms with E-state index in [1.165, 1.54) is 0 Å². The summed E-state index contributed by atoms with van der Waals surface area (Å²) in [5.74, 6) is 0. The van der Waals surface area contributed by atoms with Crippen LogP contribution in [0.25, 0.3) is 0 Å². The van der Waals surface area contributed by atoms with Crippen molar-refractivity contribution in [3.8, 4) is 0 Å². The van der Waals surface area contributed by atoms with Gasteiger partial charge in [-0.05, 0) is 0 Å². The topological polar surface area (TPSA) is 80.3 Å². The van der Waals surface area contributed by atoms with Gasteiger partial charge < -0.3 is 9.11 Å². The van der Waals surface area contributed by atoms with E-state index in [4.69, 9.17) is 17.5 Å². The van der Waals surface area contributed by atoms with E-state index in [0.29, 0.717) is 0 Å². The number of hydrogen-bond donors (Lipinski definition) is 0. The molecule has 7 heavy (non-hydrogen) atoms. The zero-order chi connectivity index (χ0) is 4.50. The fourth-order valence-corrected chi connectivity index (χ4v) is 0. The van der Waals surface area contributed by atoms with Gasteiger partial charge >= 0.3 is 19.5 Å². The van der Waals surface area contributed by atoms with Gasteiger partial charge in [0.1, 0.15) is 0 Å². The summed E-state index contributed by atoms with van der Waals surface area (Å²) in [7, 11) is -5.17. The van der Waals surface area contributed by atoms with E-state index in [0.717, 1.165) is 0 Å². The van der Waals surface area contributed by atoms with Gasteiger partial charge in [0.25, 0.3) is 0 Å². The monoisotopic (exact) mass is 258 g/mol. The van der Waals surface area contributed by atoms with Crippen molar-refractivity contribution in [3.05, 3.63) is 0 Å².